The largest absolute Gasteiger partial charge is 0.444 e. The van der Waals surface area contributed by atoms with E-state index in [1.54, 1.807) is 42.1 Å². The molecule has 158 valence electrons. The van der Waals surface area contributed by atoms with Crippen LogP contribution in [0.2, 0.25) is 0 Å². The SMILES string of the molecule is CC(C)(C)c1cnc(CSc2cnc(NC(=O)Cc3cccc(C(=O)NO)c3)s2)o1. The lowest BCUT2D eigenvalue weighted by Crippen LogP contribution is -2.19. The van der Waals surface area contributed by atoms with E-state index in [1.165, 1.54) is 23.1 Å². The maximum absolute atomic E-state index is 12.3. The van der Waals surface area contributed by atoms with E-state index in [-0.39, 0.29) is 23.3 Å². The molecule has 0 radical (unpaired) electrons. The number of carbonyl (C=O) groups excluding carboxylic acids is 2. The summed E-state index contributed by atoms with van der Waals surface area (Å²) >= 11 is 2.91. The second kappa shape index (κ2) is 9.41. The van der Waals surface area contributed by atoms with Crippen LogP contribution in [0.3, 0.4) is 0 Å². The van der Waals surface area contributed by atoms with Gasteiger partial charge in [0.1, 0.15) is 5.76 Å². The molecule has 0 atom stereocenters. The normalized spacial score (nSPS) is 11.3. The molecule has 0 spiro atoms. The quantitative estimate of drug-likeness (QED) is 0.285. The number of nitrogens with zero attached hydrogens (tertiary/aromatic N) is 2. The van der Waals surface area contributed by atoms with Crippen LogP contribution in [0, 0.1) is 0 Å². The summed E-state index contributed by atoms with van der Waals surface area (Å²) in [5, 5.41) is 12.0. The van der Waals surface area contributed by atoms with Crippen LogP contribution in [0.25, 0.3) is 0 Å². The first kappa shape index (κ1) is 22.0. The van der Waals surface area contributed by atoms with Gasteiger partial charge in [-0.3, -0.25) is 14.8 Å². The average molecular weight is 447 g/mol. The highest BCUT2D eigenvalue weighted by molar-refractivity contribution is 8.00. The van der Waals surface area contributed by atoms with Crippen molar-refractivity contribution in [1.29, 1.82) is 0 Å². The van der Waals surface area contributed by atoms with E-state index in [0.717, 1.165) is 9.97 Å². The second-order valence-electron chi connectivity index (χ2n) is 7.51. The third-order valence-corrected chi connectivity index (χ3v) is 6.11. The standard InChI is InChI=1S/C20H22N4O4S2/c1-20(2,3)14-9-21-16(28-14)11-29-17-10-22-19(30-17)23-15(25)8-12-5-4-6-13(7-12)18(26)24-27/h4-7,9-10,27H,8,11H2,1-3H3,(H,24,26)(H,22,23,25). The molecular weight excluding hydrogens is 424 g/mol. The lowest BCUT2D eigenvalue weighted by Gasteiger charge is -2.12. The summed E-state index contributed by atoms with van der Waals surface area (Å²) in [6.07, 6.45) is 3.54. The van der Waals surface area contributed by atoms with Crippen molar-refractivity contribution in [2.45, 2.75) is 42.6 Å². The number of thioether (sulfide) groups is 1. The first-order valence-corrected chi connectivity index (χ1v) is 10.9. The molecule has 10 heteroatoms. The predicted molar refractivity (Wildman–Crippen MR) is 115 cm³/mol. The van der Waals surface area contributed by atoms with Crippen LogP contribution in [0.15, 0.2) is 45.3 Å². The topological polar surface area (TPSA) is 117 Å². The Kier molecular flexibility index (Phi) is 6.91. The molecule has 0 aliphatic heterocycles. The van der Waals surface area contributed by atoms with E-state index in [9.17, 15) is 9.59 Å². The summed E-state index contributed by atoms with van der Waals surface area (Å²) in [6.45, 7) is 6.21. The van der Waals surface area contributed by atoms with Gasteiger partial charge in [-0.1, -0.05) is 44.2 Å². The van der Waals surface area contributed by atoms with E-state index >= 15 is 0 Å². The number of amides is 2. The summed E-state index contributed by atoms with van der Waals surface area (Å²) in [5.74, 6) is 1.20. The fourth-order valence-corrected chi connectivity index (χ4v) is 4.22. The Morgan fingerprint density at radius 1 is 1.23 bits per heavy atom. The van der Waals surface area contributed by atoms with Crippen LogP contribution < -0.4 is 10.8 Å². The van der Waals surface area contributed by atoms with E-state index in [4.69, 9.17) is 9.62 Å². The molecule has 3 rings (SSSR count). The third-order valence-electron chi connectivity index (χ3n) is 4.02. The van der Waals surface area contributed by atoms with Gasteiger partial charge in [0.25, 0.3) is 5.91 Å². The number of hydrogen-bond acceptors (Lipinski definition) is 8. The van der Waals surface area contributed by atoms with Gasteiger partial charge in [0.05, 0.1) is 28.8 Å². The van der Waals surface area contributed by atoms with Crippen LogP contribution in [-0.2, 0) is 22.4 Å². The Bertz CT molecular complexity index is 1040. The molecule has 2 aromatic heterocycles. The van der Waals surface area contributed by atoms with Crippen LogP contribution in [-0.4, -0.2) is 27.0 Å². The molecule has 30 heavy (non-hydrogen) atoms. The number of hydrogen-bond donors (Lipinski definition) is 3. The molecule has 0 saturated carbocycles. The molecule has 8 nitrogen and oxygen atoms in total. The van der Waals surface area contributed by atoms with Gasteiger partial charge >= 0.3 is 0 Å². The van der Waals surface area contributed by atoms with Crippen molar-refractivity contribution in [1.82, 2.24) is 15.4 Å². The molecule has 0 fully saturated rings. The summed E-state index contributed by atoms with van der Waals surface area (Å²) in [6, 6.07) is 6.49. The molecule has 0 unspecified atom stereocenters. The Balaban J connectivity index is 1.53. The summed E-state index contributed by atoms with van der Waals surface area (Å²) in [4.78, 5) is 32.3. The predicted octanol–water partition coefficient (Wildman–Crippen LogP) is 4.02. The molecule has 1 aromatic carbocycles. The highest BCUT2D eigenvalue weighted by Crippen LogP contribution is 2.31. The molecule has 0 bridgehead atoms. The first-order chi connectivity index (χ1) is 14.2. The fraction of sp³-hybridized carbons (Fsp3) is 0.300. The van der Waals surface area contributed by atoms with Gasteiger partial charge in [-0.2, -0.15) is 0 Å². The smallest absolute Gasteiger partial charge is 0.274 e. The van der Waals surface area contributed by atoms with Crippen molar-refractivity contribution < 1.29 is 19.2 Å². The number of rotatable bonds is 7. The van der Waals surface area contributed by atoms with Gasteiger partial charge in [-0.05, 0) is 17.7 Å². The Morgan fingerprint density at radius 2 is 2.03 bits per heavy atom. The lowest BCUT2D eigenvalue weighted by atomic mass is 9.94. The highest BCUT2D eigenvalue weighted by atomic mass is 32.2. The number of oxazole rings is 1. The fourth-order valence-electron chi connectivity index (χ4n) is 2.48. The van der Waals surface area contributed by atoms with Crippen molar-refractivity contribution in [2.24, 2.45) is 0 Å². The Hall–Kier alpha value is -2.69. The van der Waals surface area contributed by atoms with E-state index in [1.807, 2.05) is 0 Å². The monoisotopic (exact) mass is 446 g/mol. The van der Waals surface area contributed by atoms with Gasteiger partial charge in [0.2, 0.25) is 11.8 Å². The van der Waals surface area contributed by atoms with Crippen LogP contribution in [0.4, 0.5) is 5.13 Å². The number of anilines is 1. The zero-order valence-corrected chi connectivity index (χ0v) is 18.4. The van der Waals surface area contributed by atoms with Gasteiger partial charge in [-0.25, -0.2) is 15.4 Å². The lowest BCUT2D eigenvalue weighted by molar-refractivity contribution is -0.115. The Morgan fingerprint density at radius 3 is 2.73 bits per heavy atom. The van der Waals surface area contributed by atoms with Gasteiger partial charge in [0, 0.05) is 11.0 Å². The van der Waals surface area contributed by atoms with E-state index < -0.39 is 5.91 Å². The number of thiazole rings is 1. The zero-order valence-electron chi connectivity index (χ0n) is 16.8. The third kappa shape index (κ3) is 5.91. The van der Waals surface area contributed by atoms with Gasteiger partial charge in [-0.15, -0.1) is 11.8 Å². The van der Waals surface area contributed by atoms with Crippen molar-refractivity contribution in [3.63, 3.8) is 0 Å². The van der Waals surface area contributed by atoms with E-state index in [0.29, 0.717) is 22.3 Å². The number of hydroxylamine groups is 1. The van der Waals surface area contributed by atoms with Crippen LogP contribution in [0.1, 0.15) is 48.3 Å². The van der Waals surface area contributed by atoms with Crippen molar-refractivity contribution in [3.8, 4) is 0 Å². The highest BCUT2D eigenvalue weighted by Gasteiger charge is 2.19. The maximum atomic E-state index is 12.3. The second-order valence-corrected chi connectivity index (χ2v) is 9.81. The minimum absolute atomic E-state index is 0.0838. The Labute approximate surface area is 182 Å². The average Bonchev–Trinajstić information content (AvgIpc) is 3.35. The molecule has 2 amide bonds. The molecule has 0 saturated heterocycles. The minimum atomic E-state index is -0.625. The molecule has 3 N–H and O–H groups in total. The summed E-state index contributed by atoms with van der Waals surface area (Å²) in [7, 11) is 0. The first-order valence-electron chi connectivity index (χ1n) is 9.11. The number of carbonyl (C=O) groups is 2. The van der Waals surface area contributed by atoms with Crippen molar-refractivity contribution in [3.05, 3.63) is 59.4 Å². The van der Waals surface area contributed by atoms with Crippen LogP contribution in [0.5, 0.6) is 0 Å². The van der Waals surface area contributed by atoms with E-state index in [2.05, 4.69) is 36.1 Å². The zero-order chi connectivity index (χ0) is 21.7. The van der Waals surface area contributed by atoms with Crippen molar-refractivity contribution >= 4 is 40.0 Å². The summed E-state index contributed by atoms with van der Waals surface area (Å²) < 4.78 is 6.71. The van der Waals surface area contributed by atoms with Gasteiger partial charge < -0.3 is 9.73 Å². The number of nitrogens with one attached hydrogen (secondary N) is 2. The van der Waals surface area contributed by atoms with Crippen molar-refractivity contribution in [2.75, 3.05) is 5.32 Å². The molecule has 0 aliphatic rings. The van der Waals surface area contributed by atoms with Gasteiger partial charge in [0.15, 0.2) is 5.13 Å². The maximum Gasteiger partial charge on any atom is 0.274 e. The molecule has 3 aromatic rings. The molecule has 0 aliphatic carbocycles. The molecule has 2 heterocycles. The number of benzene rings is 1. The summed E-state index contributed by atoms with van der Waals surface area (Å²) in [5.41, 5.74) is 2.42. The number of aromatic nitrogens is 2. The van der Waals surface area contributed by atoms with Crippen LogP contribution >= 0.6 is 23.1 Å². The molecular formula is C20H22N4O4S2. The minimum Gasteiger partial charge on any atom is -0.444 e.